The van der Waals surface area contributed by atoms with Crippen molar-refractivity contribution in [2.24, 2.45) is 0 Å². The molecule has 1 amide bonds. The molecule has 0 bridgehead atoms. The highest BCUT2D eigenvalue weighted by molar-refractivity contribution is 7.10. The van der Waals surface area contributed by atoms with Crippen molar-refractivity contribution in [1.29, 1.82) is 0 Å². The summed E-state index contributed by atoms with van der Waals surface area (Å²) in [5.74, 6) is 0.670. The highest BCUT2D eigenvalue weighted by Crippen LogP contribution is 2.32. The van der Waals surface area contributed by atoms with E-state index in [2.05, 4.69) is 32.1 Å². The third-order valence-corrected chi connectivity index (χ3v) is 6.25. The number of nitrogens with zero attached hydrogens (tertiary/aromatic N) is 1. The molecule has 2 aromatic heterocycles. The van der Waals surface area contributed by atoms with Crippen LogP contribution in [-0.4, -0.2) is 36.0 Å². The number of aryl methyl sites for hydroxylation is 1. The van der Waals surface area contributed by atoms with Crippen LogP contribution in [0.5, 0.6) is 5.75 Å². The van der Waals surface area contributed by atoms with Gasteiger partial charge in [-0.3, -0.25) is 4.79 Å². The molecule has 3 N–H and O–H groups in total. The quantitative estimate of drug-likeness (QED) is 0.410. The number of benzene rings is 2. The lowest BCUT2D eigenvalue weighted by Gasteiger charge is -2.19. The van der Waals surface area contributed by atoms with Crippen LogP contribution in [0.3, 0.4) is 0 Å². The zero-order chi connectivity index (χ0) is 21.1. The van der Waals surface area contributed by atoms with Gasteiger partial charge in [0.25, 0.3) is 5.91 Å². The number of hydrogen-bond acceptors (Lipinski definition) is 5. The summed E-state index contributed by atoms with van der Waals surface area (Å²) >= 11 is 1.30. The van der Waals surface area contributed by atoms with Gasteiger partial charge >= 0.3 is 0 Å². The summed E-state index contributed by atoms with van der Waals surface area (Å²) in [5.41, 5.74) is 4.66. The maximum atomic E-state index is 13.0. The smallest absolute Gasteiger partial charge is 0.256 e. The van der Waals surface area contributed by atoms with E-state index in [1.165, 1.54) is 11.5 Å². The zero-order valence-corrected chi connectivity index (χ0v) is 18.0. The standard InChI is InChI=1S/C23H24N4O2S/c1-14-21(23(24-2)30-27-14)22(28)26-12-18(15-8-10-16(29-3)11-9-15)19-13-25-20-7-5-4-6-17(19)20/h4-11,13,18,24-25H,12H2,1-3H3,(H,26,28). The molecule has 1 atom stereocenters. The van der Waals surface area contributed by atoms with Gasteiger partial charge in [-0.1, -0.05) is 30.3 Å². The van der Waals surface area contributed by atoms with E-state index >= 15 is 0 Å². The van der Waals surface area contributed by atoms with Gasteiger partial charge in [0.05, 0.1) is 18.4 Å². The molecule has 2 heterocycles. The molecule has 0 aliphatic carbocycles. The second-order valence-electron chi connectivity index (χ2n) is 7.05. The van der Waals surface area contributed by atoms with E-state index in [-0.39, 0.29) is 11.8 Å². The van der Waals surface area contributed by atoms with Crippen molar-refractivity contribution in [1.82, 2.24) is 14.7 Å². The first-order valence-corrected chi connectivity index (χ1v) is 10.5. The van der Waals surface area contributed by atoms with E-state index in [0.29, 0.717) is 12.1 Å². The highest BCUT2D eigenvalue weighted by atomic mass is 32.1. The van der Waals surface area contributed by atoms with E-state index in [4.69, 9.17) is 4.74 Å². The number of aromatic amines is 1. The van der Waals surface area contributed by atoms with Gasteiger partial charge in [-0.05, 0) is 47.8 Å². The van der Waals surface area contributed by atoms with Crippen molar-refractivity contribution in [2.75, 3.05) is 26.0 Å². The fourth-order valence-electron chi connectivity index (χ4n) is 3.72. The maximum Gasteiger partial charge on any atom is 0.256 e. The number of anilines is 1. The Kier molecular flexibility index (Phi) is 5.72. The number of amides is 1. The van der Waals surface area contributed by atoms with Crippen LogP contribution >= 0.6 is 11.5 Å². The molecule has 0 aliphatic heterocycles. The molecule has 0 radical (unpaired) electrons. The first-order chi connectivity index (χ1) is 14.6. The Morgan fingerprint density at radius 2 is 1.97 bits per heavy atom. The minimum Gasteiger partial charge on any atom is -0.497 e. The average molecular weight is 421 g/mol. The molecule has 4 rings (SSSR count). The summed E-state index contributed by atoms with van der Waals surface area (Å²) in [7, 11) is 3.46. The van der Waals surface area contributed by atoms with Crippen LogP contribution in [0.25, 0.3) is 10.9 Å². The van der Waals surface area contributed by atoms with Crippen LogP contribution in [0.4, 0.5) is 5.00 Å². The molecule has 0 saturated carbocycles. The number of para-hydroxylation sites is 1. The van der Waals surface area contributed by atoms with Crippen LogP contribution in [-0.2, 0) is 0 Å². The topological polar surface area (TPSA) is 79.0 Å². The van der Waals surface area contributed by atoms with Gasteiger partial charge in [0.1, 0.15) is 10.8 Å². The number of hydrogen-bond donors (Lipinski definition) is 3. The normalized spacial score (nSPS) is 12.0. The Labute approximate surface area is 179 Å². The van der Waals surface area contributed by atoms with Crippen molar-refractivity contribution in [2.45, 2.75) is 12.8 Å². The van der Waals surface area contributed by atoms with E-state index in [1.54, 1.807) is 14.2 Å². The number of H-pyrrole nitrogens is 1. The largest absolute Gasteiger partial charge is 0.497 e. The van der Waals surface area contributed by atoms with Crippen molar-refractivity contribution in [3.8, 4) is 5.75 Å². The summed E-state index contributed by atoms with van der Waals surface area (Å²) in [6.45, 7) is 2.32. The number of carbonyl (C=O) groups excluding carboxylic acids is 1. The number of ether oxygens (including phenoxy) is 1. The number of fused-ring (bicyclic) bond motifs is 1. The molecule has 6 nitrogen and oxygen atoms in total. The van der Waals surface area contributed by atoms with E-state index in [1.807, 2.05) is 49.5 Å². The van der Waals surface area contributed by atoms with Gasteiger partial charge in [0, 0.05) is 36.6 Å². The van der Waals surface area contributed by atoms with Crippen molar-refractivity contribution < 1.29 is 9.53 Å². The van der Waals surface area contributed by atoms with Crippen LogP contribution in [0.1, 0.15) is 33.1 Å². The van der Waals surface area contributed by atoms with Crippen molar-refractivity contribution in [3.63, 3.8) is 0 Å². The molecular formula is C23H24N4O2S. The van der Waals surface area contributed by atoms with E-state index in [9.17, 15) is 4.79 Å². The second-order valence-corrected chi connectivity index (χ2v) is 7.82. The Balaban J connectivity index is 1.67. The molecule has 4 aromatic rings. The van der Waals surface area contributed by atoms with Crippen molar-refractivity contribution in [3.05, 3.63) is 77.1 Å². The number of rotatable bonds is 7. The van der Waals surface area contributed by atoms with Crippen LogP contribution in [0.2, 0.25) is 0 Å². The average Bonchev–Trinajstić information content (AvgIpc) is 3.37. The molecule has 1 unspecified atom stereocenters. The molecule has 30 heavy (non-hydrogen) atoms. The first kappa shape index (κ1) is 20.0. The molecule has 154 valence electrons. The first-order valence-electron chi connectivity index (χ1n) is 9.74. The lowest BCUT2D eigenvalue weighted by Crippen LogP contribution is -2.29. The minimum absolute atomic E-state index is 0.0130. The van der Waals surface area contributed by atoms with Gasteiger partial charge in [-0.2, -0.15) is 4.37 Å². The predicted molar refractivity (Wildman–Crippen MR) is 122 cm³/mol. The Morgan fingerprint density at radius 3 is 2.70 bits per heavy atom. The number of aromatic nitrogens is 2. The molecule has 0 saturated heterocycles. The molecule has 7 heteroatoms. The van der Waals surface area contributed by atoms with Gasteiger partial charge in [-0.15, -0.1) is 0 Å². The van der Waals surface area contributed by atoms with Gasteiger partial charge in [-0.25, -0.2) is 0 Å². The Morgan fingerprint density at radius 1 is 1.20 bits per heavy atom. The zero-order valence-electron chi connectivity index (χ0n) is 17.2. The second kappa shape index (κ2) is 8.59. The van der Waals surface area contributed by atoms with Crippen molar-refractivity contribution >= 4 is 33.3 Å². The van der Waals surface area contributed by atoms with Crippen LogP contribution in [0.15, 0.2) is 54.7 Å². The van der Waals surface area contributed by atoms with Crippen LogP contribution < -0.4 is 15.4 Å². The van der Waals surface area contributed by atoms with Gasteiger partial charge in [0.15, 0.2) is 0 Å². The fourth-order valence-corrected chi connectivity index (χ4v) is 4.46. The summed E-state index contributed by atoms with van der Waals surface area (Å²) < 4.78 is 9.61. The lowest BCUT2D eigenvalue weighted by atomic mass is 9.90. The van der Waals surface area contributed by atoms with Gasteiger partial charge < -0.3 is 20.4 Å². The molecular weight excluding hydrogens is 396 g/mol. The number of carbonyl (C=O) groups is 1. The van der Waals surface area contributed by atoms with E-state index in [0.717, 1.165) is 38.5 Å². The summed E-state index contributed by atoms with van der Waals surface area (Å²) in [4.78, 5) is 16.3. The monoisotopic (exact) mass is 420 g/mol. The maximum absolute atomic E-state index is 13.0. The van der Waals surface area contributed by atoms with E-state index < -0.39 is 0 Å². The Hall–Kier alpha value is -3.32. The predicted octanol–water partition coefficient (Wildman–Crippen LogP) is 4.55. The third kappa shape index (κ3) is 3.76. The SMILES string of the molecule is CNc1snc(C)c1C(=O)NCC(c1ccc(OC)cc1)c1c[nH]c2ccccc12. The summed E-state index contributed by atoms with van der Waals surface area (Å²) in [6, 6.07) is 16.2. The molecule has 0 aliphatic rings. The number of methoxy groups -OCH3 is 1. The Bertz CT molecular complexity index is 1160. The molecule has 2 aromatic carbocycles. The minimum atomic E-state index is -0.121. The molecule has 0 fully saturated rings. The summed E-state index contributed by atoms with van der Waals surface area (Å²) in [6.07, 6.45) is 2.03. The fraction of sp³-hybridized carbons (Fsp3) is 0.217. The molecule has 0 spiro atoms. The third-order valence-electron chi connectivity index (χ3n) is 5.30. The lowest BCUT2D eigenvalue weighted by molar-refractivity contribution is 0.0953. The van der Waals surface area contributed by atoms with Gasteiger partial charge in [0.2, 0.25) is 0 Å². The highest BCUT2D eigenvalue weighted by Gasteiger charge is 2.22. The number of nitrogens with one attached hydrogen (secondary N) is 3. The summed E-state index contributed by atoms with van der Waals surface area (Å²) in [5, 5.41) is 8.11. The van der Waals surface area contributed by atoms with Crippen LogP contribution in [0, 0.1) is 6.92 Å².